The third-order valence-electron chi connectivity index (χ3n) is 6.77. The van der Waals surface area contributed by atoms with Crippen LogP contribution in [0.2, 0.25) is 0 Å². The second kappa shape index (κ2) is 14.5. The van der Waals surface area contributed by atoms with Gasteiger partial charge in [-0.1, -0.05) is 22.5 Å². The van der Waals surface area contributed by atoms with Crippen LogP contribution in [0.3, 0.4) is 0 Å². The third kappa shape index (κ3) is 9.12. The number of likely N-dealkylation sites (tertiary alicyclic amines) is 1. The normalized spacial score (nSPS) is 13.7. The zero-order valence-corrected chi connectivity index (χ0v) is 26.5. The van der Waals surface area contributed by atoms with Crippen LogP contribution in [0.4, 0.5) is 26.4 Å². The highest BCUT2D eigenvalue weighted by molar-refractivity contribution is 9.10. The summed E-state index contributed by atoms with van der Waals surface area (Å²) >= 11 is 3.26. The van der Waals surface area contributed by atoms with Crippen molar-refractivity contribution in [1.29, 1.82) is 0 Å². The van der Waals surface area contributed by atoms with E-state index in [0.717, 1.165) is 18.9 Å². The van der Waals surface area contributed by atoms with E-state index in [4.69, 9.17) is 9.47 Å². The Bertz CT molecular complexity index is 1540. The minimum Gasteiger partial charge on any atom is -0.491 e. The van der Waals surface area contributed by atoms with Gasteiger partial charge in [-0.3, -0.25) is 9.59 Å². The Hall–Kier alpha value is -4.26. The minimum absolute atomic E-state index is 0.0146. The molecule has 44 heavy (non-hydrogen) atoms. The molecule has 1 fully saturated rings. The van der Waals surface area contributed by atoms with Crippen molar-refractivity contribution in [2.75, 3.05) is 36.9 Å². The molecule has 11 nitrogen and oxygen atoms in total. The number of amides is 3. The number of carbonyl (C=O) groups is 3. The van der Waals surface area contributed by atoms with Gasteiger partial charge in [0.2, 0.25) is 11.8 Å². The molecular weight excluding hydrogens is 635 g/mol. The standard InChI is InChI=1S/C31H36BrFN6O5/c1-5-27(40)34-11-8-28(41)37-25-15-21-24(35-18-36-29(21)38-23-7-6-20(32)14-22(23)33)16-26(25)43-17-19-9-12-39(13-10-19)30(42)44-31(2,3)4/h5-7,14-16,18-19H,1,8-13,17H2,2-4H3,(H,34,40)(H,37,41)(H,35,36,38). The minimum atomic E-state index is -0.559. The SMILES string of the molecule is C=CC(=O)NCCC(=O)Nc1cc2c(Nc3ccc(Br)cc3F)ncnc2cc1OCC1CCN(C(=O)OC(C)(C)C)CC1. The van der Waals surface area contributed by atoms with Gasteiger partial charge in [-0.25, -0.2) is 19.2 Å². The molecule has 3 N–H and O–H groups in total. The van der Waals surface area contributed by atoms with Gasteiger partial charge in [0.15, 0.2) is 0 Å². The molecule has 0 atom stereocenters. The number of nitrogens with one attached hydrogen (secondary N) is 3. The molecule has 0 saturated carbocycles. The van der Waals surface area contributed by atoms with Gasteiger partial charge in [-0.05, 0) is 69.9 Å². The molecule has 1 aliphatic heterocycles. The number of piperidine rings is 1. The lowest BCUT2D eigenvalue weighted by Crippen LogP contribution is -2.42. The Kier molecular flexibility index (Phi) is 10.7. The summed E-state index contributed by atoms with van der Waals surface area (Å²) in [5, 5.41) is 8.98. The molecule has 0 radical (unpaired) electrons. The Morgan fingerprint density at radius 3 is 2.57 bits per heavy atom. The molecule has 13 heteroatoms. The van der Waals surface area contributed by atoms with Crippen LogP contribution in [0.25, 0.3) is 10.9 Å². The lowest BCUT2D eigenvalue weighted by Gasteiger charge is -2.33. The van der Waals surface area contributed by atoms with Gasteiger partial charge in [0.25, 0.3) is 0 Å². The number of rotatable bonds is 10. The summed E-state index contributed by atoms with van der Waals surface area (Å²) in [6.07, 6.45) is 3.64. The molecule has 1 aromatic heterocycles. The van der Waals surface area contributed by atoms with Crippen molar-refractivity contribution >= 4 is 61.9 Å². The molecule has 0 spiro atoms. The van der Waals surface area contributed by atoms with E-state index in [0.29, 0.717) is 52.3 Å². The monoisotopic (exact) mass is 670 g/mol. The van der Waals surface area contributed by atoms with E-state index in [-0.39, 0.29) is 42.5 Å². The molecule has 3 aromatic rings. The molecule has 234 valence electrons. The number of halogens is 2. The summed E-state index contributed by atoms with van der Waals surface area (Å²) in [5.74, 6) is -0.294. The lowest BCUT2D eigenvalue weighted by molar-refractivity contribution is -0.117. The maximum atomic E-state index is 14.6. The predicted octanol–water partition coefficient (Wildman–Crippen LogP) is 5.93. The maximum Gasteiger partial charge on any atom is 0.410 e. The fourth-order valence-corrected chi connectivity index (χ4v) is 4.85. The molecular formula is C31H36BrFN6O5. The van der Waals surface area contributed by atoms with E-state index in [9.17, 15) is 18.8 Å². The number of hydrogen-bond donors (Lipinski definition) is 3. The van der Waals surface area contributed by atoms with Crippen LogP contribution >= 0.6 is 15.9 Å². The average molecular weight is 672 g/mol. The van der Waals surface area contributed by atoms with Crippen molar-refractivity contribution in [2.45, 2.75) is 45.6 Å². The van der Waals surface area contributed by atoms with Crippen LogP contribution in [0.5, 0.6) is 5.75 Å². The predicted molar refractivity (Wildman–Crippen MR) is 169 cm³/mol. The lowest BCUT2D eigenvalue weighted by atomic mass is 9.98. The molecule has 0 bridgehead atoms. The first-order chi connectivity index (χ1) is 20.9. The first kappa shape index (κ1) is 32.6. The van der Waals surface area contributed by atoms with Crippen LogP contribution in [-0.2, 0) is 14.3 Å². The van der Waals surface area contributed by atoms with E-state index in [1.54, 1.807) is 29.2 Å². The van der Waals surface area contributed by atoms with Gasteiger partial charge in [0, 0.05) is 42.0 Å². The van der Waals surface area contributed by atoms with Gasteiger partial charge >= 0.3 is 6.09 Å². The van der Waals surface area contributed by atoms with Crippen LogP contribution in [0.1, 0.15) is 40.0 Å². The quantitative estimate of drug-likeness (QED) is 0.226. The first-order valence-electron chi connectivity index (χ1n) is 14.2. The molecule has 0 aliphatic carbocycles. The van der Waals surface area contributed by atoms with E-state index in [1.807, 2.05) is 20.8 Å². The molecule has 0 unspecified atom stereocenters. The van der Waals surface area contributed by atoms with Crippen LogP contribution in [0.15, 0.2) is 53.8 Å². The highest BCUT2D eigenvalue weighted by atomic mass is 79.9. The number of carbonyl (C=O) groups excluding carboxylic acids is 3. The first-order valence-corrected chi connectivity index (χ1v) is 15.0. The molecule has 1 saturated heterocycles. The molecule has 3 amide bonds. The highest BCUT2D eigenvalue weighted by Gasteiger charge is 2.27. The van der Waals surface area contributed by atoms with E-state index >= 15 is 0 Å². The molecule has 2 heterocycles. The number of ether oxygens (including phenoxy) is 2. The van der Waals surface area contributed by atoms with Gasteiger partial charge in [0.1, 0.15) is 29.3 Å². The number of aromatic nitrogens is 2. The topological polar surface area (TPSA) is 135 Å². The molecule has 4 rings (SSSR count). The van der Waals surface area contributed by atoms with Crippen molar-refractivity contribution < 1.29 is 28.2 Å². The van der Waals surface area contributed by atoms with Gasteiger partial charge in [-0.15, -0.1) is 0 Å². The number of hydrogen-bond acceptors (Lipinski definition) is 8. The number of anilines is 3. The van der Waals surface area contributed by atoms with Crippen LogP contribution in [0, 0.1) is 11.7 Å². The number of fused-ring (bicyclic) bond motifs is 1. The van der Waals surface area contributed by atoms with Crippen molar-refractivity contribution in [3.8, 4) is 5.75 Å². The summed E-state index contributed by atoms with van der Waals surface area (Å²) < 4.78 is 26.9. The maximum absolute atomic E-state index is 14.6. The number of benzene rings is 2. The van der Waals surface area contributed by atoms with Crippen LogP contribution < -0.4 is 20.7 Å². The van der Waals surface area contributed by atoms with Crippen molar-refractivity contribution in [2.24, 2.45) is 5.92 Å². The highest BCUT2D eigenvalue weighted by Crippen LogP contribution is 2.35. The molecule has 1 aliphatic rings. The largest absolute Gasteiger partial charge is 0.491 e. The zero-order chi connectivity index (χ0) is 31.9. The van der Waals surface area contributed by atoms with Gasteiger partial charge in [0.05, 0.1) is 23.5 Å². The zero-order valence-electron chi connectivity index (χ0n) is 24.9. The summed E-state index contributed by atoms with van der Waals surface area (Å²) in [4.78, 5) is 47.1. The fraction of sp³-hybridized carbons (Fsp3) is 0.387. The van der Waals surface area contributed by atoms with Crippen LogP contribution in [-0.4, -0.2) is 64.6 Å². The van der Waals surface area contributed by atoms with Crippen molar-refractivity contribution in [3.05, 3.63) is 59.6 Å². The van der Waals surface area contributed by atoms with Crippen molar-refractivity contribution in [3.63, 3.8) is 0 Å². The van der Waals surface area contributed by atoms with Gasteiger partial charge in [-0.2, -0.15) is 0 Å². The summed E-state index contributed by atoms with van der Waals surface area (Å²) in [7, 11) is 0. The van der Waals surface area contributed by atoms with E-state index < -0.39 is 11.4 Å². The van der Waals surface area contributed by atoms with E-state index in [2.05, 4.69) is 48.4 Å². The summed E-state index contributed by atoms with van der Waals surface area (Å²) in [5.41, 5.74) is 0.551. The van der Waals surface area contributed by atoms with Crippen molar-refractivity contribution in [1.82, 2.24) is 20.2 Å². The third-order valence-corrected chi connectivity index (χ3v) is 7.27. The Balaban J connectivity index is 1.52. The smallest absolute Gasteiger partial charge is 0.410 e. The fourth-order valence-electron chi connectivity index (χ4n) is 4.52. The van der Waals surface area contributed by atoms with Gasteiger partial charge < -0.3 is 30.3 Å². The summed E-state index contributed by atoms with van der Waals surface area (Å²) in [6, 6.07) is 8.00. The molecule has 2 aromatic carbocycles. The average Bonchev–Trinajstić information content (AvgIpc) is 2.97. The Morgan fingerprint density at radius 2 is 1.89 bits per heavy atom. The second-order valence-corrected chi connectivity index (χ2v) is 12.3. The Labute approximate surface area is 263 Å². The number of nitrogens with zero attached hydrogens (tertiary/aromatic N) is 3. The Morgan fingerprint density at radius 1 is 1.14 bits per heavy atom. The van der Waals surface area contributed by atoms with E-state index in [1.165, 1.54) is 12.4 Å². The summed E-state index contributed by atoms with van der Waals surface area (Å²) in [6.45, 7) is 10.5. The second-order valence-electron chi connectivity index (χ2n) is 11.4.